The van der Waals surface area contributed by atoms with Crippen LogP contribution in [0.1, 0.15) is 22.6 Å². The lowest BCUT2D eigenvalue weighted by Gasteiger charge is -2.27. The minimum atomic E-state index is -3.06. The Balaban J connectivity index is 1.69. The van der Waals surface area contributed by atoms with Crippen LogP contribution in [0.3, 0.4) is 0 Å². The topological polar surface area (TPSA) is 105 Å². The van der Waals surface area contributed by atoms with Crippen molar-refractivity contribution in [3.05, 3.63) is 77.1 Å². The molecule has 3 aromatic rings. The number of nitrogens with zero attached hydrogens (tertiary/aromatic N) is 2. The molecule has 1 unspecified atom stereocenters. The molecule has 1 aromatic heterocycles. The van der Waals surface area contributed by atoms with E-state index in [0.717, 1.165) is 11.8 Å². The van der Waals surface area contributed by atoms with E-state index in [1.54, 1.807) is 36.4 Å². The largest absolute Gasteiger partial charge is 0.349 e. The van der Waals surface area contributed by atoms with E-state index in [-0.39, 0.29) is 16.3 Å². The number of aromatic nitrogens is 2. The summed E-state index contributed by atoms with van der Waals surface area (Å²) in [4.78, 5) is 37.6. The number of benzene rings is 2. The van der Waals surface area contributed by atoms with Gasteiger partial charge in [-0.2, -0.15) is 13.9 Å². The van der Waals surface area contributed by atoms with E-state index in [1.807, 2.05) is 11.4 Å². The van der Waals surface area contributed by atoms with Crippen molar-refractivity contribution in [2.75, 3.05) is 6.54 Å². The van der Waals surface area contributed by atoms with Gasteiger partial charge in [0.15, 0.2) is 5.54 Å². The molecule has 1 aliphatic heterocycles. The lowest BCUT2D eigenvalue weighted by molar-refractivity contribution is -0.124. The molecular weight excluding hydrogens is 444 g/mol. The zero-order chi connectivity index (χ0) is 22.9. The summed E-state index contributed by atoms with van der Waals surface area (Å²) in [6, 6.07) is 14.3. The van der Waals surface area contributed by atoms with E-state index in [0.29, 0.717) is 10.2 Å². The molecule has 1 fully saturated rings. The number of alkyl halides is 2. The fourth-order valence-corrected chi connectivity index (χ4v) is 3.87. The van der Waals surface area contributed by atoms with E-state index in [1.165, 1.54) is 12.1 Å². The SMILES string of the molecule is O=C1NC(=O)C(CNC(=O)c2c(Cl)cccc2-c2ccccc2)(c2ccnn2C(F)F)N1. The van der Waals surface area contributed by atoms with Crippen molar-refractivity contribution in [3.63, 3.8) is 0 Å². The zero-order valence-corrected chi connectivity index (χ0v) is 17.1. The first kappa shape index (κ1) is 21.4. The van der Waals surface area contributed by atoms with Crippen molar-refractivity contribution in [1.29, 1.82) is 0 Å². The van der Waals surface area contributed by atoms with Crippen LogP contribution in [0.5, 0.6) is 0 Å². The smallest absolute Gasteiger partial charge is 0.333 e. The summed E-state index contributed by atoms with van der Waals surface area (Å²) >= 11 is 6.30. The highest BCUT2D eigenvalue weighted by atomic mass is 35.5. The molecule has 0 spiro atoms. The zero-order valence-electron chi connectivity index (χ0n) is 16.3. The number of rotatable bonds is 6. The number of urea groups is 1. The summed E-state index contributed by atoms with van der Waals surface area (Å²) in [7, 11) is 0. The molecule has 3 N–H and O–H groups in total. The second-order valence-electron chi connectivity index (χ2n) is 6.96. The lowest BCUT2D eigenvalue weighted by Crippen LogP contribution is -2.53. The Bertz CT molecular complexity index is 1200. The van der Waals surface area contributed by atoms with Gasteiger partial charge in [0.1, 0.15) is 0 Å². The maximum absolute atomic E-state index is 13.4. The number of carbonyl (C=O) groups excluding carboxylic acids is 3. The third-order valence-electron chi connectivity index (χ3n) is 5.07. The summed E-state index contributed by atoms with van der Waals surface area (Å²) in [5, 5.41) is 10.6. The maximum Gasteiger partial charge on any atom is 0.333 e. The Morgan fingerprint density at radius 2 is 1.88 bits per heavy atom. The lowest BCUT2D eigenvalue weighted by atomic mass is 9.94. The molecule has 0 bridgehead atoms. The molecular formula is C21H16ClF2N5O3. The molecule has 8 nitrogen and oxygen atoms in total. The van der Waals surface area contributed by atoms with E-state index in [9.17, 15) is 23.2 Å². The number of nitrogens with one attached hydrogen (secondary N) is 3. The van der Waals surface area contributed by atoms with Gasteiger partial charge >= 0.3 is 12.6 Å². The normalized spacial score (nSPS) is 17.9. The molecule has 4 rings (SSSR count). The second kappa shape index (κ2) is 8.39. The van der Waals surface area contributed by atoms with E-state index < -0.39 is 36.5 Å². The highest BCUT2D eigenvalue weighted by molar-refractivity contribution is 6.34. The van der Waals surface area contributed by atoms with E-state index >= 15 is 0 Å². The van der Waals surface area contributed by atoms with Gasteiger partial charge in [-0.05, 0) is 23.3 Å². The highest BCUT2D eigenvalue weighted by Gasteiger charge is 2.51. The number of imide groups is 1. The minimum absolute atomic E-state index is 0.141. The third kappa shape index (κ3) is 3.69. The van der Waals surface area contributed by atoms with Crippen molar-refractivity contribution >= 4 is 29.4 Å². The van der Waals surface area contributed by atoms with Crippen LogP contribution >= 0.6 is 11.6 Å². The quantitative estimate of drug-likeness (QED) is 0.493. The first-order valence-electron chi connectivity index (χ1n) is 9.41. The Morgan fingerprint density at radius 1 is 1.12 bits per heavy atom. The van der Waals surface area contributed by atoms with Crippen LogP contribution in [0.2, 0.25) is 5.02 Å². The molecule has 1 atom stereocenters. The van der Waals surface area contributed by atoms with Gasteiger partial charge in [-0.25, -0.2) is 9.48 Å². The molecule has 11 heteroatoms. The van der Waals surface area contributed by atoms with Crippen molar-refractivity contribution in [1.82, 2.24) is 25.7 Å². The van der Waals surface area contributed by atoms with Gasteiger partial charge in [-0.3, -0.25) is 14.9 Å². The molecule has 1 saturated heterocycles. The number of hydrogen-bond acceptors (Lipinski definition) is 4. The van der Waals surface area contributed by atoms with Crippen molar-refractivity contribution in [3.8, 4) is 11.1 Å². The van der Waals surface area contributed by atoms with Crippen LogP contribution in [0.15, 0.2) is 60.8 Å². The first-order chi connectivity index (χ1) is 15.3. The first-order valence-corrected chi connectivity index (χ1v) is 9.79. The van der Waals surface area contributed by atoms with Gasteiger partial charge in [0.25, 0.3) is 11.8 Å². The number of hydrogen-bond donors (Lipinski definition) is 3. The van der Waals surface area contributed by atoms with Gasteiger partial charge in [-0.1, -0.05) is 54.1 Å². The van der Waals surface area contributed by atoms with E-state index in [2.05, 4.69) is 15.7 Å². The molecule has 32 heavy (non-hydrogen) atoms. The van der Waals surface area contributed by atoms with Gasteiger partial charge in [0, 0.05) is 6.20 Å². The van der Waals surface area contributed by atoms with Gasteiger partial charge < -0.3 is 10.6 Å². The predicted molar refractivity (Wildman–Crippen MR) is 111 cm³/mol. The average Bonchev–Trinajstić information content (AvgIpc) is 3.37. The maximum atomic E-state index is 13.4. The number of amides is 4. The third-order valence-corrected chi connectivity index (χ3v) is 5.39. The van der Waals surface area contributed by atoms with Crippen LogP contribution in [0.25, 0.3) is 11.1 Å². The molecule has 4 amide bonds. The Labute approximate surface area is 185 Å². The highest BCUT2D eigenvalue weighted by Crippen LogP contribution is 2.31. The van der Waals surface area contributed by atoms with Crippen LogP contribution < -0.4 is 16.0 Å². The average molecular weight is 460 g/mol. The summed E-state index contributed by atoms with van der Waals surface area (Å²) < 4.78 is 27.1. The fourth-order valence-electron chi connectivity index (χ4n) is 3.61. The number of carbonyl (C=O) groups is 3. The van der Waals surface area contributed by atoms with Crippen LogP contribution in [0.4, 0.5) is 13.6 Å². The van der Waals surface area contributed by atoms with Crippen LogP contribution in [-0.2, 0) is 10.3 Å². The second-order valence-corrected chi connectivity index (χ2v) is 7.37. The minimum Gasteiger partial charge on any atom is -0.349 e. The molecule has 2 heterocycles. The standard InChI is InChI=1S/C21H16ClF2N5O3/c22-14-8-4-7-13(12-5-2-1-3-6-12)16(14)17(30)25-11-21(18(31)27-20(32)28-21)15-9-10-26-29(15)19(23)24/h1-10,19H,11H2,(H,25,30)(H2,27,28,31,32). The van der Waals surface area contributed by atoms with Crippen molar-refractivity contribution < 1.29 is 23.2 Å². The molecule has 2 aromatic carbocycles. The Kier molecular flexibility index (Phi) is 5.62. The molecule has 0 radical (unpaired) electrons. The van der Waals surface area contributed by atoms with Crippen LogP contribution in [-0.4, -0.2) is 34.2 Å². The van der Waals surface area contributed by atoms with Crippen molar-refractivity contribution in [2.45, 2.75) is 12.1 Å². The van der Waals surface area contributed by atoms with Crippen molar-refractivity contribution in [2.24, 2.45) is 0 Å². The molecule has 0 saturated carbocycles. The van der Waals surface area contributed by atoms with Gasteiger partial charge in [0.2, 0.25) is 0 Å². The van der Waals surface area contributed by atoms with Gasteiger partial charge in [-0.15, -0.1) is 0 Å². The Morgan fingerprint density at radius 3 is 2.53 bits per heavy atom. The molecule has 1 aliphatic rings. The summed E-state index contributed by atoms with van der Waals surface area (Å²) in [5.74, 6) is -1.54. The predicted octanol–water partition coefficient (Wildman–Crippen LogP) is 3.06. The monoisotopic (exact) mass is 459 g/mol. The van der Waals surface area contributed by atoms with E-state index in [4.69, 9.17) is 11.6 Å². The summed E-state index contributed by atoms with van der Waals surface area (Å²) in [5.41, 5.74) is -0.839. The number of halogens is 3. The van der Waals surface area contributed by atoms with Gasteiger partial charge in [0.05, 0.1) is 22.8 Å². The Hall–Kier alpha value is -3.79. The summed E-state index contributed by atoms with van der Waals surface area (Å²) in [6.07, 6.45) is 1.07. The molecule has 164 valence electrons. The summed E-state index contributed by atoms with van der Waals surface area (Å²) in [6.45, 7) is -3.58. The van der Waals surface area contributed by atoms with Crippen LogP contribution in [0, 0.1) is 0 Å². The fraction of sp³-hybridized carbons (Fsp3) is 0.143. The molecule has 0 aliphatic carbocycles.